The van der Waals surface area contributed by atoms with Crippen molar-refractivity contribution in [1.29, 1.82) is 0 Å². The maximum Gasteiger partial charge on any atom is 0.517 e. The van der Waals surface area contributed by atoms with Gasteiger partial charge in [0.1, 0.15) is 12.2 Å². The van der Waals surface area contributed by atoms with E-state index < -0.39 is 115 Å². The summed E-state index contributed by atoms with van der Waals surface area (Å²) in [5.74, 6) is -6.59. The lowest BCUT2D eigenvalue weighted by Gasteiger charge is -2.22. The molecule has 2 heterocycles. The minimum atomic E-state index is -1.39. The third-order valence-electron chi connectivity index (χ3n) is 7.97. The fourth-order valence-corrected chi connectivity index (χ4v) is 3.94. The number of hydrogen-bond donors (Lipinski definition) is 3. The van der Waals surface area contributed by atoms with Gasteiger partial charge in [-0.05, 0) is 81.6 Å². The molecule has 0 aromatic heterocycles. The highest BCUT2D eigenvalue weighted by molar-refractivity contribution is 5.90. The lowest BCUT2D eigenvalue weighted by molar-refractivity contribution is -0.191. The van der Waals surface area contributed by atoms with Crippen LogP contribution in [0.1, 0.15) is 141 Å². The van der Waals surface area contributed by atoms with Crippen LogP contribution in [0.25, 0.3) is 0 Å². The summed E-state index contributed by atoms with van der Waals surface area (Å²) >= 11 is 0. The van der Waals surface area contributed by atoms with Crippen molar-refractivity contribution in [3.8, 4) is 0 Å². The number of carbonyl (C=O) groups is 10. The Morgan fingerprint density at radius 3 is 1.02 bits per heavy atom. The lowest BCUT2D eigenvalue weighted by atomic mass is 10.3. The van der Waals surface area contributed by atoms with Gasteiger partial charge in [0.25, 0.3) is 0 Å². The number of aliphatic hydroxyl groups excluding tert-OH is 3. The normalized spacial score (nSPS) is 18.5. The first-order valence-electron chi connectivity index (χ1n) is 21.8. The van der Waals surface area contributed by atoms with Crippen LogP contribution in [0.15, 0.2) is 0 Å². The van der Waals surface area contributed by atoms with E-state index in [1.807, 2.05) is 6.92 Å². The quantitative estimate of drug-likeness (QED) is 0.0644. The molecule has 0 bridgehead atoms. The standard InChI is InChI=1S/C17H28O9.C11H20O5.C6H8O4.C5H12O.C4H4O4/c1-6-7-8-9-23-15(20)11(3)25-17(22)13(5)26-16(21)12(4)24-14(19)10(2)18;1-4-5-6-7-15-11(14)9(3)16-10(13)8(2)12;1-3-5(7)10-4(2)6(8)9-3;1-2-3-4-5-6;1-2-3(5)8-4(6)7-2/h10-13,18H,6-9H2,1-5H3;8-9,12H,4-7H2,1-3H3;3-4H,1-2H3;6H,2-5H2,1H3;2H,1H3. The van der Waals surface area contributed by atoms with Crippen LogP contribution in [0.4, 0.5) is 4.79 Å². The number of ether oxygens (including phenoxy) is 10. The molecule has 3 N–H and O–H groups in total. The molecule has 2 rings (SSSR count). The second kappa shape index (κ2) is 37.8. The van der Waals surface area contributed by atoms with E-state index in [-0.39, 0.29) is 6.61 Å². The second-order valence-electron chi connectivity index (χ2n) is 14.4. The van der Waals surface area contributed by atoms with E-state index >= 15 is 0 Å². The molecule has 9 atom stereocenters. The predicted molar refractivity (Wildman–Crippen MR) is 226 cm³/mol. The van der Waals surface area contributed by atoms with Crippen LogP contribution in [-0.2, 0) is 90.5 Å². The third-order valence-corrected chi connectivity index (χ3v) is 7.97. The Balaban J connectivity index is -0.000000835. The average molecular weight is 957 g/mol. The topological polar surface area (TPSA) is 324 Å². The van der Waals surface area contributed by atoms with Crippen molar-refractivity contribution in [3.63, 3.8) is 0 Å². The highest BCUT2D eigenvalue weighted by Gasteiger charge is 2.33. The molecule has 2 saturated heterocycles. The summed E-state index contributed by atoms with van der Waals surface area (Å²) in [4.78, 5) is 110. The van der Waals surface area contributed by atoms with Crippen LogP contribution >= 0.6 is 0 Å². The number of aliphatic hydroxyl groups is 3. The summed E-state index contributed by atoms with van der Waals surface area (Å²) in [6.45, 7) is 19.2. The van der Waals surface area contributed by atoms with Crippen LogP contribution in [-0.4, -0.2) is 150 Å². The maximum absolute atomic E-state index is 11.9. The van der Waals surface area contributed by atoms with Gasteiger partial charge < -0.3 is 62.7 Å². The van der Waals surface area contributed by atoms with Gasteiger partial charge in [0, 0.05) is 6.61 Å². The van der Waals surface area contributed by atoms with E-state index in [0.717, 1.165) is 51.4 Å². The molecule has 66 heavy (non-hydrogen) atoms. The zero-order valence-corrected chi connectivity index (χ0v) is 40.2. The number of carbonyl (C=O) groups excluding carboxylic acids is 10. The molecule has 0 amide bonds. The number of esters is 9. The van der Waals surface area contributed by atoms with Gasteiger partial charge >= 0.3 is 59.9 Å². The predicted octanol–water partition coefficient (Wildman–Crippen LogP) is 3.03. The summed E-state index contributed by atoms with van der Waals surface area (Å²) in [6, 6.07) is 0. The number of unbranched alkanes of at least 4 members (excludes halogenated alkanes) is 6. The molecule has 0 aromatic carbocycles. The molecule has 2 fully saturated rings. The molecule has 0 saturated carbocycles. The molecule has 0 radical (unpaired) electrons. The Labute approximate surface area is 385 Å². The van der Waals surface area contributed by atoms with Crippen molar-refractivity contribution in [1.82, 2.24) is 0 Å². The largest absolute Gasteiger partial charge is 0.517 e. The smallest absolute Gasteiger partial charge is 0.463 e. The number of hydrogen-bond acceptors (Lipinski definition) is 23. The van der Waals surface area contributed by atoms with Gasteiger partial charge in [0.05, 0.1) is 13.2 Å². The molecular formula is C43H72O23. The molecule has 0 spiro atoms. The maximum atomic E-state index is 11.9. The molecule has 23 nitrogen and oxygen atoms in total. The molecule has 0 aliphatic carbocycles. The lowest BCUT2D eigenvalue weighted by Crippen LogP contribution is -2.40. The minimum absolute atomic E-state index is 0.241. The fraction of sp³-hybridized carbons (Fsp3) is 0.767. The van der Waals surface area contributed by atoms with Crippen molar-refractivity contribution < 1.29 is 111 Å². The second-order valence-corrected chi connectivity index (χ2v) is 14.4. The van der Waals surface area contributed by atoms with E-state index in [2.05, 4.69) is 42.3 Å². The van der Waals surface area contributed by atoms with Gasteiger partial charge in [-0.1, -0.05) is 59.3 Å². The third kappa shape index (κ3) is 32.3. The zero-order chi connectivity index (χ0) is 51.5. The van der Waals surface area contributed by atoms with E-state index in [9.17, 15) is 47.9 Å². The molecule has 0 aromatic rings. The van der Waals surface area contributed by atoms with E-state index in [1.54, 1.807) is 0 Å². The zero-order valence-electron chi connectivity index (χ0n) is 40.2. The van der Waals surface area contributed by atoms with Gasteiger partial charge in [-0.15, -0.1) is 0 Å². The summed E-state index contributed by atoms with van der Waals surface area (Å²) in [5.41, 5.74) is 0. The fourth-order valence-electron chi connectivity index (χ4n) is 3.94. The first-order valence-corrected chi connectivity index (χ1v) is 21.8. The van der Waals surface area contributed by atoms with Crippen molar-refractivity contribution >= 4 is 59.9 Å². The van der Waals surface area contributed by atoms with Crippen LogP contribution in [0.3, 0.4) is 0 Å². The van der Waals surface area contributed by atoms with Gasteiger partial charge in [-0.25, -0.2) is 47.9 Å². The van der Waals surface area contributed by atoms with Gasteiger partial charge in [-0.3, -0.25) is 0 Å². The number of rotatable bonds is 21. The van der Waals surface area contributed by atoms with Crippen LogP contribution in [0, 0.1) is 0 Å². The number of cyclic esters (lactones) is 5. The van der Waals surface area contributed by atoms with Gasteiger partial charge in [0.15, 0.2) is 42.7 Å². The summed E-state index contributed by atoms with van der Waals surface area (Å²) in [6.07, 6.45) is -1.67. The molecule has 23 heteroatoms. The Morgan fingerprint density at radius 1 is 0.470 bits per heavy atom. The molecule has 9 unspecified atom stereocenters. The highest BCUT2D eigenvalue weighted by Crippen LogP contribution is 2.10. The first kappa shape index (κ1) is 64.9. The Hall–Kier alpha value is -5.42. The van der Waals surface area contributed by atoms with E-state index in [1.165, 1.54) is 68.7 Å². The highest BCUT2D eigenvalue weighted by atomic mass is 16.8. The van der Waals surface area contributed by atoms with Crippen LogP contribution in [0.5, 0.6) is 0 Å². The van der Waals surface area contributed by atoms with Crippen molar-refractivity contribution in [2.45, 2.75) is 196 Å². The molecule has 2 aliphatic heterocycles. The van der Waals surface area contributed by atoms with Crippen LogP contribution in [0.2, 0.25) is 0 Å². The Kier molecular flexibility index (Phi) is 37.1. The average Bonchev–Trinajstić information content (AvgIpc) is 3.55. The summed E-state index contributed by atoms with van der Waals surface area (Å²) in [5, 5.41) is 26.1. The Bertz CT molecular complexity index is 1470. The SMILES string of the molecule is CC1OC(=O)C(C)OC1=O.CC1OC(=O)OC1=O.CCCCCO.CCCCCOC(=O)C(C)OC(=O)C(C)O.CCCCCOC(=O)C(C)OC(=O)C(C)OC(=O)C(C)OC(=O)C(C)O. The molecule has 382 valence electrons. The first-order chi connectivity index (χ1) is 30.8. The molecular weight excluding hydrogens is 884 g/mol. The minimum Gasteiger partial charge on any atom is -0.463 e. The van der Waals surface area contributed by atoms with Gasteiger partial charge in [0.2, 0.25) is 0 Å². The summed E-state index contributed by atoms with van der Waals surface area (Å²) < 4.78 is 46.3. The van der Waals surface area contributed by atoms with Gasteiger partial charge in [-0.2, -0.15) is 0 Å². The van der Waals surface area contributed by atoms with Crippen LogP contribution < -0.4 is 0 Å². The monoisotopic (exact) mass is 956 g/mol. The van der Waals surface area contributed by atoms with Crippen molar-refractivity contribution in [2.75, 3.05) is 19.8 Å². The Morgan fingerprint density at radius 2 is 0.773 bits per heavy atom. The van der Waals surface area contributed by atoms with Crippen molar-refractivity contribution in [2.24, 2.45) is 0 Å². The van der Waals surface area contributed by atoms with Crippen molar-refractivity contribution in [3.05, 3.63) is 0 Å². The van der Waals surface area contributed by atoms with E-state index in [0.29, 0.717) is 13.2 Å². The molecule has 2 aliphatic rings. The summed E-state index contributed by atoms with van der Waals surface area (Å²) in [7, 11) is 0. The van der Waals surface area contributed by atoms with E-state index in [4.69, 9.17) is 34.3 Å².